The van der Waals surface area contributed by atoms with Gasteiger partial charge >= 0.3 is 5.97 Å². The number of carbonyl (C=O) groups is 1. The normalized spacial score (nSPS) is 11.0. The van der Waals surface area contributed by atoms with Crippen molar-refractivity contribution in [3.05, 3.63) is 23.5 Å². The van der Waals surface area contributed by atoms with E-state index in [9.17, 15) is 4.79 Å². The Morgan fingerprint density at radius 3 is 2.88 bits per heavy atom. The lowest BCUT2D eigenvalue weighted by atomic mass is 10.0. The van der Waals surface area contributed by atoms with Gasteiger partial charge in [-0.25, -0.2) is 9.78 Å². The molecule has 2 aromatic heterocycles. The second kappa shape index (κ2) is 3.92. The van der Waals surface area contributed by atoms with Crippen molar-refractivity contribution in [3.63, 3.8) is 0 Å². The van der Waals surface area contributed by atoms with Crippen LogP contribution in [0.1, 0.15) is 35.8 Å². The highest BCUT2D eigenvalue weighted by atomic mass is 16.5. The molecule has 5 nitrogen and oxygen atoms in total. The van der Waals surface area contributed by atoms with Crippen molar-refractivity contribution in [1.82, 2.24) is 15.2 Å². The minimum Gasteiger partial charge on any atom is -0.464 e. The summed E-state index contributed by atoms with van der Waals surface area (Å²) in [4.78, 5) is 15.7. The van der Waals surface area contributed by atoms with Gasteiger partial charge in [-0.15, -0.1) is 0 Å². The maximum absolute atomic E-state index is 11.4. The molecule has 0 atom stereocenters. The maximum Gasteiger partial charge on any atom is 0.359 e. The molecule has 0 amide bonds. The first-order chi connectivity index (χ1) is 7.63. The van der Waals surface area contributed by atoms with Crippen LogP contribution >= 0.6 is 0 Å². The second-order valence-electron chi connectivity index (χ2n) is 3.88. The number of pyridine rings is 1. The van der Waals surface area contributed by atoms with E-state index < -0.39 is 5.97 Å². The van der Waals surface area contributed by atoms with Crippen LogP contribution < -0.4 is 0 Å². The third-order valence-electron chi connectivity index (χ3n) is 2.48. The Morgan fingerprint density at radius 2 is 2.25 bits per heavy atom. The van der Waals surface area contributed by atoms with Crippen molar-refractivity contribution in [2.75, 3.05) is 7.11 Å². The molecule has 2 aromatic rings. The van der Waals surface area contributed by atoms with Crippen molar-refractivity contribution in [2.45, 2.75) is 19.8 Å². The zero-order valence-corrected chi connectivity index (χ0v) is 9.44. The first-order valence-corrected chi connectivity index (χ1v) is 5.05. The Morgan fingerprint density at radius 1 is 1.50 bits per heavy atom. The van der Waals surface area contributed by atoms with E-state index in [1.54, 1.807) is 6.20 Å². The van der Waals surface area contributed by atoms with Gasteiger partial charge in [-0.2, -0.15) is 5.10 Å². The Bertz CT molecular complexity index is 531. The summed E-state index contributed by atoms with van der Waals surface area (Å²) < 4.78 is 4.65. The zero-order chi connectivity index (χ0) is 11.7. The topological polar surface area (TPSA) is 67.9 Å². The van der Waals surface area contributed by atoms with E-state index in [0.717, 1.165) is 5.56 Å². The molecule has 5 heteroatoms. The van der Waals surface area contributed by atoms with E-state index in [4.69, 9.17) is 0 Å². The van der Waals surface area contributed by atoms with Crippen LogP contribution in [0, 0.1) is 0 Å². The van der Waals surface area contributed by atoms with E-state index in [1.165, 1.54) is 7.11 Å². The smallest absolute Gasteiger partial charge is 0.359 e. The summed E-state index contributed by atoms with van der Waals surface area (Å²) in [7, 11) is 1.34. The molecule has 0 saturated heterocycles. The number of H-pyrrole nitrogens is 1. The molecule has 2 rings (SSSR count). The number of hydrogen-bond donors (Lipinski definition) is 1. The summed E-state index contributed by atoms with van der Waals surface area (Å²) >= 11 is 0. The van der Waals surface area contributed by atoms with E-state index in [2.05, 4.69) is 33.8 Å². The van der Waals surface area contributed by atoms with Crippen molar-refractivity contribution in [3.8, 4) is 0 Å². The van der Waals surface area contributed by atoms with Crippen LogP contribution in [0.25, 0.3) is 11.0 Å². The molecular weight excluding hydrogens is 206 g/mol. The van der Waals surface area contributed by atoms with Crippen LogP contribution in [-0.4, -0.2) is 28.3 Å². The number of ether oxygens (including phenoxy) is 1. The average Bonchev–Trinajstić information content (AvgIpc) is 2.70. The Kier molecular flexibility index (Phi) is 2.60. The number of hydrogen-bond acceptors (Lipinski definition) is 4. The van der Waals surface area contributed by atoms with Crippen molar-refractivity contribution >= 4 is 17.0 Å². The summed E-state index contributed by atoms with van der Waals surface area (Å²) in [6.07, 6.45) is 1.78. The minimum atomic E-state index is -0.450. The molecule has 0 aliphatic heterocycles. The van der Waals surface area contributed by atoms with E-state index in [-0.39, 0.29) is 5.69 Å². The molecule has 84 valence electrons. The fraction of sp³-hybridized carbons (Fsp3) is 0.364. The third kappa shape index (κ3) is 1.64. The standard InChI is InChI=1S/C11H13N3O2/c1-6(2)7-4-8-9(11(15)16-3)13-14-10(8)12-5-7/h4-6H,1-3H3,(H,12,13,14). The van der Waals surface area contributed by atoms with Gasteiger partial charge in [0.15, 0.2) is 11.3 Å². The van der Waals surface area contributed by atoms with E-state index in [0.29, 0.717) is 17.0 Å². The lowest BCUT2D eigenvalue weighted by molar-refractivity contribution is 0.0596. The molecule has 0 spiro atoms. The number of aromatic amines is 1. The van der Waals surface area contributed by atoms with Gasteiger partial charge in [0.2, 0.25) is 0 Å². The molecule has 1 N–H and O–H groups in total. The Labute approximate surface area is 92.8 Å². The van der Waals surface area contributed by atoms with Crippen molar-refractivity contribution in [1.29, 1.82) is 0 Å². The highest BCUT2D eigenvalue weighted by Gasteiger charge is 2.15. The van der Waals surface area contributed by atoms with E-state index >= 15 is 0 Å². The van der Waals surface area contributed by atoms with Gasteiger partial charge < -0.3 is 4.74 Å². The molecule has 0 aliphatic rings. The number of rotatable bonds is 2. The molecule has 0 aliphatic carbocycles. The molecule has 16 heavy (non-hydrogen) atoms. The van der Waals surface area contributed by atoms with Crippen LogP contribution in [0.3, 0.4) is 0 Å². The average molecular weight is 219 g/mol. The van der Waals surface area contributed by atoms with Crippen molar-refractivity contribution in [2.24, 2.45) is 0 Å². The van der Waals surface area contributed by atoms with Gasteiger partial charge in [-0.3, -0.25) is 5.10 Å². The van der Waals surface area contributed by atoms with Gasteiger partial charge in [0.05, 0.1) is 12.5 Å². The van der Waals surface area contributed by atoms with Crippen LogP contribution in [0.2, 0.25) is 0 Å². The van der Waals surface area contributed by atoms with Gasteiger partial charge in [0.25, 0.3) is 0 Å². The second-order valence-corrected chi connectivity index (χ2v) is 3.88. The highest BCUT2D eigenvalue weighted by molar-refractivity contribution is 6.00. The van der Waals surface area contributed by atoms with Gasteiger partial charge in [-0.1, -0.05) is 13.8 Å². The summed E-state index contributed by atoms with van der Waals surface area (Å²) in [6, 6.07) is 1.92. The van der Waals surface area contributed by atoms with Crippen LogP contribution in [-0.2, 0) is 4.74 Å². The molecular formula is C11H13N3O2. The molecule has 0 bridgehead atoms. The zero-order valence-electron chi connectivity index (χ0n) is 9.44. The number of fused-ring (bicyclic) bond motifs is 1. The molecule has 2 heterocycles. The van der Waals surface area contributed by atoms with Gasteiger partial charge in [0.1, 0.15) is 0 Å². The number of nitrogens with zero attached hydrogens (tertiary/aromatic N) is 2. The Balaban J connectivity index is 2.60. The largest absolute Gasteiger partial charge is 0.464 e. The predicted molar refractivity (Wildman–Crippen MR) is 59.3 cm³/mol. The number of methoxy groups -OCH3 is 1. The van der Waals surface area contributed by atoms with Crippen LogP contribution in [0.4, 0.5) is 0 Å². The van der Waals surface area contributed by atoms with Crippen molar-refractivity contribution < 1.29 is 9.53 Å². The molecule has 0 fully saturated rings. The predicted octanol–water partition coefficient (Wildman–Crippen LogP) is 1.87. The number of aromatic nitrogens is 3. The summed E-state index contributed by atoms with van der Waals surface area (Å²) in [5.41, 5.74) is 1.95. The molecule has 0 unspecified atom stereocenters. The monoisotopic (exact) mass is 219 g/mol. The summed E-state index contributed by atoms with van der Waals surface area (Å²) in [5, 5.41) is 7.32. The summed E-state index contributed by atoms with van der Waals surface area (Å²) in [6.45, 7) is 4.14. The fourth-order valence-electron chi connectivity index (χ4n) is 1.49. The minimum absolute atomic E-state index is 0.285. The quantitative estimate of drug-likeness (QED) is 0.783. The van der Waals surface area contributed by atoms with Crippen LogP contribution in [0.5, 0.6) is 0 Å². The number of carbonyl (C=O) groups excluding carboxylic acids is 1. The SMILES string of the molecule is COC(=O)c1n[nH]c2ncc(C(C)C)cc12. The first kappa shape index (κ1) is 10.6. The third-order valence-corrected chi connectivity index (χ3v) is 2.48. The fourth-order valence-corrected chi connectivity index (χ4v) is 1.49. The van der Waals surface area contributed by atoms with E-state index in [1.807, 2.05) is 6.07 Å². The number of esters is 1. The maximum atomic E-state index is 11.4. The first-order valence-electron chi connectivity index (χ1n) is 5.05. The van der Waals surface area contributed by atoms with Gasteiger partial charge in [-0.05, 0) is 17.5 Å². The van der Waals surface area contributed by atoms with Gasteiger partial charge in [0, 0.05) is 6.20 Å². The lowest BCUT2D eigenvalue weighted by Crippen LogP contribution is -2.02. The highest BCUT2D eigenvalue weighted by Crippen LogP contribution is 2.20. The molecule has 0 saturated carbocycles. The lowest BCUT2D eigenvalue weighted by Gasteiger charge is -2.03. The van der Waals surface area contributed by atoms with Crippen LogP contribution in [0.15, 0.2) is 12.3 Å². The molecule has 0 aromatic carbocycles. The summed E-state index contributed by atoms with van der Waals surface area (Å²) in [5.74, 6) is -0.0914. The number of nitrogens with one attached hydrogen (secondary N) is 1. The molecule has 0 radical (unpaired) electrons. The Hall–Kier alpha value is -1.91.